The number of carbonyl (C=O) groups excluding carboxylic acids is 2. The molecule has 2 saturated carbocycles. The first-order valence-electron chi connectivity index (χ1n) is 12.8. The predicted molar refractivity (Wildman–Crippen MR) is 145 cm³/mol. The van der Waals surface area contributed by atoms with Crippen LogP contribution in [0.3, 0.4) is 0 Å². The van der Waals surface area contributed by atoms with E-state index < -0.39 is 0 Å². The topological polar surface area (TPSA) is 82.9 Å². The van der Waals surface area contributed by atoms with Crippen LogP contribution < -0.4 is 10.9 Å². The van der Waals surface area contributed by atoms with Crippen molar-refractivity contribution >= 4 is 24.2 Å². The fourth-order valence-electron chi connectivity index (χ4n) is 4.60. The lowest BCUT2D eigenvalue weighted by Crippen LogP contribution is -2.21. The van der Waals surface area contributed by atoms with Crippen molar-refractivity contribution in [2.75, 3.05) is 0 Å². The number of rotatable bonds is 7. The molecule has 6 heteroatoms. The highest BCUT2D eigenvalue weighted by Gasteiger charge is 2.44. The maximum absolute atomic E-state index is 12.4. The van der Waals surface area contributed by atoms with Crippen molar-refractivity contribution in [3.63, 3.8) is 0 Å². The van der Waals surface area contributed by atoms with Crippen molar-refractivity contribution in [1.82, 2.24) is 10.9 Å². The van der Waals surface area contributed by atoms with Crippen molar-refractivity contribution in [3.8, 4) is 0 Å². The van der Waals surface area contributed by atoms with Crippen LogP contribution in [0.4, 0.5) is 0 Å². The summed E-state index contributed by atoms with van der Waals surface area (Å²) in [5, 5.41) is 7.86. The van der Waals surface area contributed by atoms with Gasteiger partial charge in [-0.05, 0) is 57.8 Å². The Labute approximate surface area is 214 Å². The van der Waals surface area contributed by atoms with Gasteiger partial charge in [-0.2, -0.15) is 10.2 Å². The van der Waals surface area contributed by atoms with Gasteiger partial charge >= 0.3 is 0 Å². The van der Waals surface area contributed by atoms with Crippen LogP contribution in [-0.4, -0.2) is 24.2 Å². The van der Waals surface area contributed by atoms with Crippen LogP contribution in [0.25, 0.3) is 0 Å². The fraction of sp³-hybridized carbons (Fsp3) is 0.467. The normalized spacial score (nSPS) is 23.6. The minimum absolute atomic E-state index is 0.0523. The number of carbonyl (C=O) groups is 2. The van der Waals surface area contributed by atoms with Gasteiger partial charge in [0.25, 0.3) is 0 Å². The van der Waals surface area contributed by atoms with Gasteiger partial charge in [0.15, 0.2) is 0 Å². The van der Waals surface area contributed by atoms with E-state index >= 15 is 0 Å². The number of nitrogens with one attached hydrogen (secondary N) is 2. The van der Waals surface area contributed by atoms with Crippen molar-refractivity contribution in [2.45, 2.75) is 77.0 Å². The number of amides is 2. The Morgan fingerprint density at radius 3 is 1.31 bits per heavy atom. The summed E-state index contributed by atoms with van der Waals surface area (Å²) in [6.45, 7) is 13.2. The third kappa shape index (κ3) is 6.28. The van der Waals surface area contributed by atoms with Crippen molar-refractivity contribution in [2.24, 2.45) is 22.0 Å². The molecule has 0 spiro atoms. The van der Waals surface area contributed by atoms with E-state index in [1.807, 2.05) is 0 Å². The lowest BCUT2D eigenvalue weighted by atomic mass is 9.86. The zero-order valence-electron chi connectivity index (χ0n) is 22.2. The van der Waals surface area contributed by atoms with E-state index in [9.17, 15) is 9.59 Å². The Balaban J connectivity index is 1.16. The molecule has 2 aliphatic carbocycles. The highest BCUT2D eigenvalue weighted by Crippen LogP contribution is 2.48. The number of benzene rings is 2. The molecule has 36 heavy (non-hydrogen) atoms. The van der Waals surface area contributed by atoms with E-state index in [-0.39, 0.29) is 46.3 Å². The molecule has 2 aliphatic rings. The van der Waals surface area contributed by atoms with Crippen LogP contribution in [0.15, 0.2) is 58.7 Å². The first kappa shape index (κ1) is 25.8. The highest BCUT2D eigenvalue weighted by atomic mass is 16.2. The van der Waals surface area contributed by atoms with Crippen LogP contribution in [0.5, 0.6) is 0 Å². The first-order valence-corrected chi connectivity index (χ1v) is 12.8. The number of nitrogens with zero attached hydrogens (tertiary/aromatic N) is 2. The number of hydrogen-bond donors (Lipinski definition) is 2. The third-order valence-electron chi connectivity index (χ3n) is 7.23. The van der Waals surface area contributed by atoms with Gasteiger partial charge in [0.1, 0.15) is 0 Å². The average Bonchev–Trinajstić information content (AvgIpc) is 3.74. The van der Waals surface area contributed by atoms with Gasteiger partial charge in [-0.15, -0.1) is 0 Å². The average molecular weight is 487 g/mol. The van der Waals surface area contributed by atoms with Crippen molar-refractivity contribution in [3.05, 3.63) is 70.8 Å². The summed E-state index contributed by atoms with van der Waals surface area (Å²) in [4.78, 5) is 24.7. The summed E-state index contributed by atoms with van der Waals surface area (Å²) >= 11 is 0. The van der Waals surface area contributed by atoms with E-state index in [2.05, 4.69) is 111 Å². The fourth-order valence-corrected chi connectivity index (χ4v) is 4.60. The van der Waals surface area contributed by atoms with E-state index in [0.717, 1.165) is 12.8 Å². The van der Waals surface area contributed by atoms with Crippen LogP contribution >= 0.6 is 0 Å². The molecule has 2 amide bonds. The number of hydrazone groups is 2. The van der Waals surface area contributed by atoms with Gasteiger partial charge in [0.2, 0.25) is 11.8 Å². The molecule has 0 bridgehead atoms. The largest absolute Gasteiger partial charge is 0.273 e. The maximum Gasteiger partial charge on any atom is 0.243 e. The van der Waals surface area contributed by atoms with Crippen LogP contribution in [0.1, 0.15) is 88.5 Å². The Morgan fingerprint density at radius 2 is 1.00 bits per heavy atom. The summed E-state index contributed by atoms with van der Waals surface area (Å²) in [6.07, 6.45) is 4.43. The van der Waals surface area contributed by atoms with Gasteiger partial charge in [-0.1, -0.05) is 90.1 Å². The zero-order chi connectivity index (χ0) is 26.1. The van der Waals surface area contributed by atoms with Gasteiger partial charge in [-0.25, -0.2) is 10.9 Å². The van der Waals surface area contributed by atoms with Crippen molar-refractivity contribution < 1.29 is 9.59 Å². The van der Waals surface area contributed by atoms with Crippen LogP contribution in [0, 0.1) is 11.8 Å². The van der Waals surface area contributed by atoms with Gasteiger partial charge in [-0.3, -0.25) is 9.59 Å². The smallest absolute Gasteiger partial charge is 0.243 e. The highest BCUT2D eigenvalue weighted by molar-refractivity contribution is 6.16. The molecule has 2 N–H and O–H groups in total. The molecule has 0 radical (unpaired) electrons. The monoisotopic (exact) mass is 486 g/mol. The third-order valence-corrected chi connectivity index (χ3v) is 7.23. The lowest BCUT2D eigenvalue weighted by molar-refractivity contribution is -0.123. The molecule has 2 aromatic carbocycles. The molecule has 0 saturated heterocycles. The molecular weight excluding hydrogens is 448 g/mol. The second-order valence-electron chi connectivity index (χ2n) is 12.1. The molecule has 2 aromatic rings. The van der Waals surface area contributed by atoms with Crippen LogP contribution in [0.2, 0.25) is 0 Å². The molecular formula is C30H38N4O2. The van der Waals surface area contributed by atoms with E-state index in [1.54, 1.807) is 0 Å². The van der Waals surface area contributed by atoms with Crippen LogP contribution in [-0.2, 0) is 20.4 Å². The van der Waals surface area contributed by atoms with E-state index in [4.69, 9.17) is 0 Å². The molecule has 0 aromatic heterocycles. The van der Waals surface area contributed by atoms with Gasteiger partial charge < -0.3 is 0 Å². The quantitative estimate of drug-likeness (QED) is 0.406. The minimum atomic E-state index is -0.0908. The summed E-state index contributed by atoms with van der Waals surface area (Å²) in [5.74, 6) is 0.211. The summed E-state index contributed by atoms with van der Waals surface area (Å²) in [5.41, 5.74) is 10.3. The second kappa shape index (κ2) is 10.00. The molecule has 6 nitrogen and oxygen atoms in total. The molecule has 0 aliphatic heterocycles. The van der Waals surface area contributed by atoms with Gasteiger partial charge in [0, 0.05) is 11.8 Å². The Hall–Kier alpha value is -3.28. The molecule has 4 rings (SSSR count). The Bertz CT molecular complexity index is 1060. The Kier molecular flexibility index (Phi) is 7.17. The summed E-state index contributed by atoms with van der Waals surface area (Å²) in [6, 6.07) is 17.1. The molecule has 2 fully saturated rings. The second-order valence-corrected chi connectivity index (χ2v) is 12.1. The summed E-state index contributed by atoms with van der Waals surface area (Å²) in [7, 11) is 0. The molecule has 190 valence electrons. The maximum atomic E-state index is 12.4. The van der Waals surface area contributed by atoms with E-state index in [1.165, 1.54) is 34.7 Å². The number of hydrogen-bond acceptors (Lipinski definition) is 4. The lowest BCUT2D eigenvalue weighted by Gasteiger charge is -2.19. The minimum Gasteiger partial charge on any atom is -0.273 e. The molecule has 4 atom stereocenters. The van der Waals surface area contributed by atoms with E-state index in [0.29, 0.717) is 0 Å². The van der Waals surface area contributed by atoms with Gasteiger partial charge in [0.05, 0.1) is 12.4 Å². The zero-order valence-corrected chi connectivity index (χ0v) is 22.2. The summed E-state index contributed by atoms with van der Waals surface area (Å²) < 4.78 is 0. The predicted octanol–water partition coefficient (Wildman–Crippen LogP) is 5.39. The standard InChI is InChI=1S/C30H38N4O2/c1-29(2,3)21-11-7-19(8-12-21)23-17-25(23)27(35)33-31-15-16-32-34-28(36)26-18-24(26)20-9-13-22(14-10-20)30(4,5)6/h7-16,23-26H,17-18H2,1-6H3,(H,33,35)(H,34,36)/b31-15-,32-16-/t23-,24+,25-,26+. The molecule has 0 unspecified atom stereocenters. The molecule has 0 heterocycles. The first-order chi connectivity index (χ1) is 16.9. The Morgan fingerprint density at radius 1 is 0.667 bits per heavy atom. The SMILES string of the molecule is CC(C)(C)c1ccc([C@H]2C[C@H]2C(=O)N/N=C\C=N/NC(=O)[C@H]2C[C@H]2c2ccc(C(C)(C)C)cc2)cc1. The van der Waals surface area contributed by atoms with Crippen molar-refractivity contribution in [1.29, 1.82) is 0 Å².